The summed E-state index contributed by atoms with van der Waals surface area (Å²) in [5.41, 5.74) is 0.961. The molecule has 0 bridgehead atoms. The summed E-state index contributed by atoms with van der Waals surface area (Å²) in [6.45, 7) is 2.09. The van der Waals surface area contributed by atoms with E-state index in [-0.39, 0.29) is 6.04 Å². The van der Waals surface area contributed by atoms with Crippen molar-refractivity contribution in [3.63, 3.8) is 0 Å². The van der Waals surface area contributed by atoms with E-state index in [1.807, 2.05) is 24.3 Å². The number of hydrogen-bond donors (Lipinski definition) is 1. The van der Waals surface area contributed by atoms with Gasteiger partial charge < -0.3 is 10.1 Å². The molecule has 0 saturated carbocycles. The zero-order valence-electron chi connectivity index (χ0n) is 9.61. The molecule has 0 fully saturated rings. The third-order valence-corrected chi connectivity index (χ3v) is 3.76. The van der Waals surface area contributed by atoms with Crippen LogP contribution >= 0.6 is 22.9 Å². The molecule has 0 amide bonds. The molecule has 90 valence electrons. The summed E-state index contributed by atoms with van der Waals surface area (Å²) < 4.78 is 5.81. The van der Waals surface area contributed by atoms with Crippen LogP contribution in [0.25, 0.3) is 0 Å². The van der Waals surface area contributed by atoms with Crippen molar-refractivity contribution in [3.05, 3.63) is 39.7 Å². The second-order valence-electron chi connectivity index (χ2n) is 3.60. The van der Waals surface area contributed by atoms with Crippen molar-refractivity contribution in [1.82, 2.24) is 4.98 Å². The first-order valence-electron chi connectivity index (χ1n) is 5.21. The van der Waals surface area contributed by atoms with Gasteiger partial charge in [-0.1, -0.05) is 11.6 Å². The quantitative estimate of drug-likeness (QED) is 0.911. The van der Waals surface area contributed by atoms with Crippen molar-refractivity contribution in [2.45, 2.75) is 13.0 Å². The third-order valence-electron chi connectivity index (χ3n) is 2.35. The fraction of sp³-hybridized carbons (Fsp3) is 0.250. The minimum absolute atomic E-state index is 0.211. The van der Waals surface area contributed by atoms with Gasteiger partial charge in [0.25, 0.3) is 0 Å². The van der Waals surface area contributed by atoms with Gasteiger partial charge in [0.2, 0.25) is 5.88 Å². The average molecular weight is 269 g/mol. The van der Waals surface area contributed by atoms with E-state index in [0.29, 0.717) is 5.88 Å². The summed E-state index contributed by atoms with van der Waals surface area (Å²) in [7, 11) is 1.60. The number of anilines is 1. The van der Waals surface area contributed by atoms with Crippen molar-refractivity contribution in [1.29, 1.82) is 0 Å². The fourth-order valence-electron chi connectivity index (χ4n) is 1.47. The van der Waals surface area contributed by atoms with Crippen LogP contribution in [-0.4, -0.2) is 12.1 Å². The summed E-state index contributed by atoms with van der Waals surface area (Å²) in [4.78, 5) is 5.34. The highest BCUT2D eigenvalue weighted by molar-refractivity contribution is 7.16. The standard InChI is InChI=1S/C12H13ClN2OS/c1-8(10-4-5-11(13)17-10)15-9-3-6-12(16-2)14-7-9/h3-8,15H,1-2H3. The highest BCUT2D eigenvalue weighted by Crippen LogP contribution is 2.28. The maximum Gasteiger partial charge on any atom is 0.213 e. The number of aromatic nitrogens is 1. The molecule has 17 heavy (non-hydrogen) atoms. The monoisotopic (exact) mass is 268 g/mol. The molecule has 3 nitrogen and oxygen atoms in total. The van der Waals surface area contributed by atoms with E-state index in [0.717, 1.165) is 10.0 Å². The molecule has 2 aromatic heterocycles. The highest BCUT2D eigenvalue weighted by atomic mass is 35.5. The predicted octanol–water partition coefficient (Wildman–Crippen LogP) is 3.98. The molecule has 0 saturated heterocycles. The number of nitrogens with one attached hydrogen (secondary N) is 1. The van der Waals surface area contributed by atoms with Gasteiger partial charge in [-0.3, -0.25) is 0 Å². The third kappa shape index (κ3) is 3.11. The van der Waals surface area contributed by atoms with Crippen LogP contribution in [0.5, 0.6) is 5.88 Å². The van der Waals surface area contributed by atoms with Gasteiger partial charge in [-0.15, -0.1) is 11.3 Å². The van der Waals surface area contributed by atoms with Crippen LogP contribution in [0.4, 0.5) is 5.69 Å². The first kappa shape index (κ1) is 12.2. The lowest BCUT2D eigenvalue weighted by molar-refractivity contribution is 0.398. The van der Waals surface area contributed by atoms with E-state index in [1.54, 1.807) is 24.6 Å². The molecule has 0 radical (unpaired) electrons. The molecule has 2 heterocycles. The second-order valence-corrected chi connectivity index (χ2v) is 5.34. The smallest absolute Gasteiger partial charge is 0.213 e. The van der Waals surface area contributed by atoms with E-state index in [2.05, 4.69) is 17.2 Å². The van der Waals surface area contributed by atoms with Crippen molar-refractivity contribution >= 4 is 28.6 Å². The number of nitrogens with zero attached hydrogens (tertiary/aromatic N) is 1. The van der Waals surface area contributed by atoms with Gasteiger partial charge in [0, 0.05) is 10.9 Å². The van der Waals surface area contributed by atoms with Gasteiger partial charge in [-0.25, -0.2) is 4.98 Å². The topological polar surface area (TPSA) is 34.1 Å². The van der Waals surface area contributed by atoms with Crippen LogP contribution in [0.15, 0.2) is 30.5 Å². The molecule has 0 aliphatic heterocycles. The van der Waals surface area contributed by atoms with E-state index in [1.165, 1.54) is 4.88 Å². The van der Waals surface area contributed by atoms with Gasteiger partial charge in [0.1, 0.15) is 0 Å². The van der Waals surface area contributed by atoms with Gasteiger partial charge in [0.05, 0.1) is 29.4 Å². The number of halogens is 1. The normalized spacial score (nSPS) is 12.2. The van der Waals surface area contributed by atoms with Crippen LogP contribution in [0.3, 0.4) is 0 Å². The maximum absolute atomic E-state index is 5.91. The lowest BCUT2D eigenvalue weighted by Crippen LogP contribution is -2.04. The van der Waals surface area contributed by atoms with E-state index < -0.39 is 0 Å². The number of rotatable bonds is 4. The molecule has 1 unspecified atom stereocenters. The van der Waals surface area contributed by atoms with Crippen LogP contribution in [0.1, 0.15) is 17.8 Å². The molecule has 2 aromatic rings. The second kappa shape index (κ2) is 5.38. The number of thiophene rings is 1. The van der Waals surface area contributed by atoms with Crippen LogP contribution in [-0.2, 0) is 0 Å². The van der Waals surface area contributed by atoms with Crippen molar-refractivity contribution in [3.8, 4) is 5.88 Å². The molecule has 0 spiro atoms. The van der Waals surface area contributed by atoms with E-state index in [4.69, 9.17) is 16.3 Å². The van der Waals surface area contributed by atoms with Gasteiger partial charge in [-0.05, 0) is 25.1 Å². The Morgan fingerprint density at radius 1 is 1.35 bits per heavy atom. The average Bonchev–Trinajstić information content (AvgIpc) is 2.77. The number of ether oxygens (including phenoxy) is 1. The Hall–Kier alpha value is -1.26. The molecular weight excluding hydrogens is 256 g/mol. The van der Waals surface area contributed by atoms with Crippen LogP contribution in [0.2, 0.25) is 4.34 Å². The zero-order valence-corrected chi connectivity index (χ0v) is 11.2. The van der Waals surface area contributed by atoms with Crippen molar-refractivity contribution < 1.29 is 4.74 Å². The Bertz CT molecular complexity index is 484. The molecule has 0 aliphatic rings. The zero-order chi connectivity index (χ0) is 12.3. The predicted molar refractivity (Wildman–Crippen MR) is 72.2 cm³/mol. The Morgan fingerprint density at radius 2 is 2.18 bits per heavy atom. The van der Waals surface area contributed by atoms with E-state index in [9.17, 15) is 0 Å². The number of hydrogen-bond acceptors (Lipinski definition) is 4. The maximum atomic E-state index is 5.91. The van der Waals surface area contributed by atoms with Crippen LogP contribution < -0.4 is 10.1 Å². The highest BCUT2D eigenvalue weighted by Gasteiger charge is 2.08. The summed E-state index contributed by atoms with van der Waals surface area (Å²) in [5, 5.41) is 3.36. The molecule has 1 atom stereocenters. The summed E-state index contributed by atoms with van der Waals surface area (Å²) in [6.07, 6.45) is 1.75. The lowest BCUT2D eigenvalue weighted by atomic mass is 10.2. The summed E-state index contributed by atoms with van der Waals surface area (Å²) in [6, 6.07) is 7.92. The van der Waals surface area contributed by atoms with Crippen LogP contribution in [0, 0.1) is 0 Å². The van der Waals surface area contributed by atoms with Crippen molar-refractivity contribution in [2.75, 3.05) is 12.4 Å². The molecule has 1 N–H and O–H groups in total. The number of methoxy groups -OCH3 is 1. The largest absolute Gasteiger partial charge is 0.481 e. The SMILES string of the molecule is COc1ccc(NC(C)c2ccc(Cl)s2)cn1. The van der Waals surface area contributed by atoms with E-state index >= 15 is 0 Å². The summed E-state index contributed by atoms with van der Waals surface area (Å²) in [5.74, 6) is 0.613. The van der Waals surface area contributed by atoms with Crippen molar-refractivity contribution in [2.24, 2.45) is 0 Å². The molecule has 5 heteroatoms. The Labute approximate surface area is 109 Å². The number of pyridine rings is 1. The minimum atomic E-state index is 0.211. The van der Waals surface area contributed by atoms with Gasteiger partial charge in [0.15, 0.2) is 0 Å². The molecule has 0 aromatic carbocycles. The minimum Gasteiger partial charge on any atom is -0.481 e. The summed E-state index contributed by atoms with van der Waals surface area (Å²) >= 11 is 7.49. The molecular formula is C12H13ClN2OS. The van der Waals surface area contributed by atoms with Gasteiger partial charge in [-0.2, -0.15) is 0 Å². The van der Waals surface area contributed by atoms with Gasteiger partial charge >= 0.3 is 0 Å². The Kier molecular flexibility index (Phi) is 3.86. The lowest BCUT2D eigenvalue weighted by Gasteiger charge is -2.13. The fourth-order valence-corrected chi connectivity index (χ4v) is 2.53. The Morgan fingerprint density at radius 3 is 2.71 bits per heavy atom. The first-order chi connectivity index (χ1) is 8.19. The molecule has 2 rings (SSSR count). The molecule has 0 aliphatic carbocycles. The Balaban J connectivity index is 2.04. The first-order valence-corrected chi connectivity index (χ1v) is 6.40.